The summed E-state index contributed by atoms with van der Waals surface area (Å²) >= 11 is 2.86. The van der Waals surface area contributed by atoms with Crippen LogP contribution in [-0.4, -0.2) is 47.6 Å². The van der Waals surface area contributed by atoms with Gasteiger partial charge >= 0.3 is 0 Å². The van der Waals surface area contributed by atoms with Crippen molar-refractivity contribution in [1.82, 2.24) is 20.4 Å². The zero-order chi connectivity index (χ0) is 24.3. The van der Waals surface area contributed by atoms with Crippen LogP contribution in [0.4, 0.5) is 9.52 Å². The molecule has 34 heavy (non-hydrogen) atoms. The topological polar surface area (TPSA) is 87.2 Å². The van der Waals surface area contributed by atoms with E-state index >= 15 is 0 Å². The maximum Gasteiger partial charge on any atom is 0.226 e. The molecule has 180 valence electrons. The molecule has 0 aliphatic heterocycles. The number of carbonyl (C=O) groups excluding carboxylic acids is 2. The molecular weight excluding hydrogens is 473 g/mol. The number of halogens is 1. The minimum Gasteiger partial charge on any atom is -0.349 e. The largest absolute Gasteiger partial charge is 0.349 e. The van der Waals surface area contributed by atoms with Crippen LogP contribution in [0.3, 0.4) is 0 Å². The van der Waals surface area contributed by atoms with Crippen molar-refractivity contribution in [2.24, 2.45) is 0 Å². The molecule has 1 aromatic heterocycles. The van der Waals surface area contributed by atoms with Gasteiger partial charge in [0.15, 0.2) is 4.34 Å². The predicted molar refractivity (Wildman–Crippen MR) is 134 cm³/mol. The summed E-state index contributed by atoms with van der Waals surface area (Å²) in [5.41, 5.74) is 2.01. The average Bonchev–Trinajstić information content (AvgIpc) is 3.27. The van der Waals surface area contributed by atoms with E-state index in [1.165, 1.54) is 29.0 Å². The van der Waals surface area contributed by atoms with Crippen molar-refractivity contribution in [2.75, 3.05) is 26.0 Å². The Labute approximate surface area is 207 Å². The number of nitrogens with one attached hydrogen (secondary N) is 2. The molecule has 0 spiro atoms. The van der Waals surface area contributed by atoms with E-state index in [4.69, 9.17) is 0 Å². The van der Waals surface area contributed by atoms with Gasteiger partial charge in [-0.1, -0.05) is 65.6 Å². The molecule has 0 aliphatic rings. The summed E-state index contributed by atoms with van der Waals surface area (Å²) in [5.74, 6) is -0.0827. The Kier molecular flexibility index (Phi) is 9.99. The predicted octanol–water partition coefficient (Wildman–Crippen LogP) is 4.50. The molecule has 0 bridgehead atoms. The molecule has 0 fully saturated rings. The highest BCUT2D eigenvalue weighted by molar-refractivity contribution is 8.00. The van der Waals surface area contributed by atoms with Crippen LogP contribution in [-0.2, 0) is 15.3 Å². The van der Waals surface area contributed by atoms with Crippen LogP contribution >= 0.6 is 23.1 Å². The number of carbonyl (C=O) groups is 2. The Morgan fingerprint density at radius 3 is 2.44 bits per heavy atom. The molecular formula is C24H28FN5O2S2. The maximum absolute atomic E-state index is 13.3. The number of rotatable bonds is 12. The van der Waals surface area contributed by atoms with Gasteiger partial charge in [0.2, 0.25) is 16.9 Å². The van der Waals surface area contributed by atoms with E-state index in [1.807, 2.05) is 49.3 Å². The summed E-state index contributed by atoms with van der Waals surface area (Å²) in [7, 11) is 3.90. The Morgan fingerprint density at radius 2 is 1.74 bits per heavy atom. The molecule has 0 aliphatic carbocycles. The van der Waals surface area contributed by atoms with Crippen LogP contribution in [0, 0.1) is 5.82 Å². The summed E-state index contributed by atoms with van der Waals surface area (Å²) in [4.78, 5) is 26.8. The monoisotopic (exact) mass is 501 g/mol. The lowest BCUT2D eigenvalue weighted by Crippen LogP contribution is -2.31. The van der Waals surface area contributed by atoms with Gasteiger partial charge in [-0.3, -0.25) is 9.59 Å². The number of amides is 2. The summed E-state index contributed by atoms with van der Waals surface area (Å²) in [5, 5.41) is 14.2. The Morgan fingerprint density at radius 1 is 1.03 bits per heavy atom. The highest BCUT2D eigenvalue weighted by Gasteiger charge is 2.17. The lowest BCUT2D eigenvalue weighted by molar-refractivity contribution is -0.125. The third-order valence-corrected chi connectivity index (χ3v) is 6.95. The first-order chi connectivity index (χ1) is 16.4. The highest BCUT2D eigenvalue weighted by Crippen LogP contribution is 2.28. The van der Waals surface area contributed by atoms with Crippen molar-refractivity contribution in [3.63, 3.8) is 0 Å². The van der Waals surface area contributed by atoms with Gasteiger partial charge in [0.25, 0.3) is 0 Å². The van der Waals surface area contributed by atoms with Gasteiger partial charge < -0.3 is 15.5 Å². The molecule has 3 rings (SSSR count). The Bertz CT molecular complexity index is 1060. The quantitative estimate of drug-likeness (QED) is 0.281. The van der Waals surface area contributed by atoms with Crippen molar-refractivity contribution in [3.05, 3.63) is 71.5 Å². The molecule has 2 N–H and O–H groups in total. The molecule has 3 aromatic rings. The van der Waals surface area contributed by atoms with E-state index in [1.54, 1.807) is 23.9 Å². The zero-order valence-corrected chi connectivity index (χ0v) is 20.8. The molecule has 0 saturated carbocycles. The number of benzene rings is 2. The minimum atomic E-state index is -0.323. The SMILES string of the molecule is CN(C)CCC(NC(=O)CCC(=O)Nc1nnc(SCc2ccccc2)s1)c1ccc(F)cc1. The molecule has 1 heterocycles. The summed E-state index contributed by atoms with van der Waals surface area (Å²) in [6, 6.07) is 15.9. The number of hydrogen-bond acceptors (Lipinski definition) is 7. The van der Waals surface area contributed by atoms with Gasteiger partial charge in [0, 0.05) is 18.6 Å². The van der Waals surface area contributed by atoms with Crippen molar-refractivity contribution in [2.45, 2.75) is 35.4 Å². The third-order valence-electron chi connectivity index (χ3n) is 4.91. The van der Waals surface area contributed by atoms with E-state index in [-0.39, 0.29) is 36.5 Å². The van der Waals surface area contributed by atoms with Gasteiger partial charge in [-0.2, -0.15) is 0 Å². The fourth-order valence-electron chi connectivity index (χ4n) is 3.12. The van der Waals surface area contributed by atoms with Crippen LogP contribution in [0.15, 0.2) is 58.9 Å². The summed E-state index contributed by atoms with van der Waals surface area (Å²) in [6.07, 6.45) is 0.742. The highest BCUT2D eigenvalue weighted by atomic mass is 32.2. The second-order valence-electron chi connectivity index (χ2n) is 7.96. The van der Waals surface area contributed by atoms with Crippen LogP contribution in [0.1, 0.15) is 36.4 Å². The van der Waals surface area contributed by atoms with Gasteiger partial charge in [0.1, 0.15) is 5.82 Å². The molecule has 10 heteroatoms. The smallest absolute Gasteiger partial charge is 0.226 e. The second kappa shape index (κ2) is 13.2. The lowest BCUT2D eigenvalue weighted by Gasteiger charge is -2.21. The molecule has 1 unspecified atom stereocenters. The zero-order valence-electron chi connectivity index (χ0n) is 19.2. The first kappa shape index (κ1) is 25.8. The van der Waals surface area contributed by atoms with Crippen LogP contribution < -0.4 is 10.6 Å². The average molecular weight is 502 g/mol. The Hall–Kier alpha value is -2.82. The number of hydrogen-bond donors (Lipinski definition) is 2. The number of thioether (sulfide) groups is 1. The summed E-state index contributed by atoms with van der Waals surface area (Å²) < 4.78 is 14.1. The van der Waals surface area contributed by atoms with Gasteiger partial charge in [-0.15, -0.1) is 10.2 Å². The normalized spacial score (nSPS) is 11.9. The van der Waals surface area contributed by atoms with Crippen molar-refractivity contribution in [3.8, 4) is 0 Å². The van der Waals surface area contributed by atoms with Crippen molar-refractivity contribution in [1.29, 1.82) is 0 Å². The van der Waals surface area contributed by atoms with Crippen LogP contribution in [0.5, 0.6) is 0 Å². The number of nitrogens with zero attached hydrogens (tertiary/aromatic N) is 3. The van der Waals surface area contributed by atoms with E-state index < -0.39 is 0 Å². The first-order valence-corrected chi connectivity index (χ1v) is 12.7. The van der Waals surface area contributed by atoms with Gasteiger partial charge in [-0.05, 0) is 50.3 Å². The molecule has 7 nitrogen and oxygen atoms in total. The standard InChI is InChI=1S/C24H28FN5O2S2/c1-30(2)15-14-20(18-8-10-19(25)11-9-18)26-21(31)12-13-22(32)27-23-28-29-24(34-23)33-16-17-6-4-3-5-7-17/h3-11,20H,12-16H2,1-2H3,(H,26,31)(H,27,28,32). The third kappa shape index (κ3) is 8.85. The molecule has 2 aromatic carbocycles. The Balaban J connectivity index is 1.45. The van der Waals surface area contributed by atoms with E-state index in [0.29, 0.717) is 11.6 Å². The number of aromatic nitrogens is 2. The number of anilines is 1. The van der Waals surface area contributed by atoms with Crippen molar-refractivity contribution < 1.29 is 14.0 Å². The van der Waals surface area contributed by atoms with E-state index in [2.05, 4.69) is 20.8 Å². The first-order valence-electron chi connectivity index (χ1n) is 10.9. The van der Waals surface area contributed by atoms with Gasteiger partial charge in [0.05, 0.1) is 6.04 Å². The molecule has 0 radical (unpaired) electrons. The van der Waals surface area contributed by atoms with Crippen molar-refractivity contribution >= 4 is 40.0 Å². The fourth-order valence-corrected chi connectivity index (χ4v) is 4.84. The van der Waals surface area contributed by atoms with E-state index in [9.17, 15) is 14.0 Å². The van der Waals surface area contributed by atoms with Crippen LogP contribution in [0.25, 0.3) is 0 Å². The van der Waals surface area contributed by atoms with E-state index in [0.717, 1.165) is 22.2 Å². The molecule has 2 amide bonds. The van der Waals surface area contributed by atoms with Gasteiger partial charge in [-0.25, -0.2) is 4.39 Å². The summed E-state index contributed by atoms with van der Waals surface area (Å²) in [6.45, 7) is 0.754. The lowest BCUT2D eigenvalue weighted by atomic mass is 10.0. The second-order valence-corrected chi connectivity index (χ2v) is 10.2. The maximum atomic E-state index is 13.3. The fraction of sp³-hybridized carbons (Fsp3) is 0.333. The minimum absolute atomic E-state index is 0.0295. The molecule has 0 saturated heterocycles. The molecule has 1 atom stereocenters. The van der Waals surface area contributed by atoms with Crippen LogP contribution in [0.2, 0.25) is 0 Å².